The Kier molecular flexibility index (Phi) is 6.38. The zero-order valence-electron chi connectivity index (χ0n) is 10.9. The van der Waals surface area contributed by atoms with Gasteiger partial charge in [-0.2, -0.15) is 0 Å². The second-order valence-corrected chi connectivity index (χ2v) is 4.57. The summed E-state index contributed by atoms with van der Waals surface area (Å²) in [6.07, 6.45) is 4.76. The van der Waals surface area contributed by atoms with Gasteiger partial charge in [0.25, 0.3) is 0 Å². The molecule has 94 valence electrons. The summed E-state index contributed by atoms with van der Waals surface area (Å²) in [4.78, 5) is 11.5. The van der Waals surface area contributed by atoms with Gasteiger partial charge in [-0.25, -0.2) is 0 Å². The van der Waals surface area contributed by atoms with E-state index in [0.29, 0.717) is 12.5 Å². The lowest BCUT2D eigenvalue weighted by atomic mass is 10.1. The fourth-order valence-electron chi connectivity index (χ4n) is 1.71. The van der Waals surface area contributed by atoms with Gasteiger partial charge in [0.1, 0.15) is 0 Å². The third-order valence-corrected chi connectivity index (χ3v) is 2.98. The highest BCUT2D eigenvalue weighted by Crippen LogP contribution is 2.06. The molecule has 0 aliphatic rings. The minimum absolute atomic E-state index is 0.187. The molecular weight excluding hydrogens is 210 g/mol. The summed E-state index contributed by atoms with van der Waals surface area (Å²) in [5.41, 5.74) is 1.36. The molecule has 2 nitrogen and oxygen atoms in total. The van der Waals surface area contributed by atoms with Crippen LogP contribution in [0.2, 0.25) is 0 Å². The number of hydrogen-bond donors (Lipinski definition) is 1. The van der Waals surface area contributed by atoms with Crippen LogP contribution < -0.4 is 5.32 Å². The van der Waals surface area contributed by atoms with E-state index in [-0.39, 0.29) is 5.91 Å². The zero-order valence-corrected chi connectivity index (χ0v) is 10.9. The first-order chi connectivity index (χ1) is 8.22. The summed E-state index contributed by atoms with van der Waals surface area (Å²) in [7, 11) is 0. The minimum Gasteiger partial charge on any atom is -0.354 e. The second-order valence-electron chi connectivity index (χ2n) is 4.57. The number of carbonyl (C=O) groups is 1. The molecule has 0 spiro atoms. The van der Waals surface area contributed by atoms with Crippen LogP contribution in [0.4, 0.5) is 0 Å². The molecule has 17 heavy (non-hydrogen) atoms. The number of hydrogen-bond acceptors (Lipinski definition) is 1. The number of aryl methyl sites for hydroxylation is 1. The lowest BCUT2D eigenvalue weighted by Gasteiger charge is -2.10. The number of benzene rings is 1. The van der Waals surface area contributed by atoms with Crippen molar-refractivity contribution in [2.45, 2.75) is 52.0 Å². The Balaban J connectivity index is 2.10. The predicted octanol–water partition coefficient (Wildman–Crippen LogP) is 3.31. The lowest BCUT2D eigenvalue weighted by molar-refractivity contribution is -0.121. The summed E-state index contributed by atoms with van der Waals surface area (Å²) in [5.74, 6) is 0.187. The maximum Gasteiger partial charge on any atom is 0.220 e. The highest BCUT2D eigenvalue weighted by molar-refractivity contribution is 5.76. The van der Waals surface area contributed by atoms with Gasteiger partial charge in [0, 0.05) is 12.5 Å². The van der Waals surface area contributed by atoms with Crippen LogP contribution >= 0.6 is 0 Å². The van der Waals surface area contributed by atoms with Crippen molar-refractivity contribution in [1.82, 2.24) is 5.32 Å². The number of carbonyl (C=O) groups excluding carboxylic acids is 1. The standard InChI is InChI=1S/C15H23NO/c1-3-13(2)16-15(17)12-8-7-11-14-9-5-4-6-10-14/h4-6,9-10,13H,3,7-8,11-12H2,1-2H3,(H,16,17). The molecule has 0 fully saturated rings. The van der Waals surface area contributed by atoms with Gasteiger partial charge >= 0.3 is 0 Å². The highest BCUT2D eigenvalue weighted by Gasteiger charge is 2.04. The van der Waals surface area contributed by atoms with Crippen LogP contribution in [-0.4, -0.2) is 11.9 Å². The van der Waals surface area contributed by atoms with E-state index in [9.17, 15) is 4.79 Å². The molecule has 0 saturated heterocycles. The third kappa shape index (κ3) is 6.10. The van der Waals surface area contributed by atoms with E-state index in [1.807, 2.05) is 13.0 Å². The molecule has 1 atom stereocenters. The number of unbranched alkanes of at least 4 members (excludes halogenated alkanes) is 1. The molecule has 0 radical (unpaired) electrons. The summed E-state index contributed by atoms with van der Waals surface area (Å²) in [6, 6.07) is 10.7. The molecule has 1 aromatic rings. The molecule has 0 heterocycles. The molecule has 0 aliphatic heterocycles. The van der Waals surface area contributed by atoms with Crippen molar-refractivity contribution < 1.29 is 4.79 Å². The third-order valence-electron chi connectivity index (χ3n) is 2.98. The largest absolute Gasteiger partial charge is 0.354 e. The quantitative estimate of drug-likeness (QED) is 0.719. The van der Waals surface area contributed by atoms with Crippen LogP contribution in [-0.2, 0) is 11.2 Å². The summed E-state index contributed by atoms with van der Waals surface area (Å²) < 4.78 is 0. The monoisotopic (exact) mass is 233 g/mol. The number of rotatable bonds is 7. The number of nitrogens with one attached hydrogen (secondary N) is 1. The normalized spacial score (nSPS) is 12.1. The Labute approximate surface area is 104 Å². The Morgan fingerprint density at radius 3 is 2.59 bits per heavy atom. The van der Waals surface area contributed by atoms with E-state index in [1.165, 1.54) is 5.56 Å². The summed E-state index contributed by atoms with van der Waals surface area (Å²) in [5, 5.41) is 2.99. The average Bonchev–Trinajstić information content (AvgIpc) is 2.36. The van der Waals surface area contributed by atoms with Crippen molar-refractivity contribution in [3.63, 3.8) is 0 Å². The lowest BCUT2D eigenvalue weighted by Crippen LogP contribution is -2.31. The molecule has 2 heteroatoms. The van der Waals surface area contributed by atoms with Gasteiger partial charge in [0.15, 0.2) is 0 Å². The van der Waals surface area contributed by atoms with Crippen LogP contribution in [0, 0.1) is 0 Å². The molecule has 0 aromatic heterocycles. The second kappa shape index (κ2) is 7.88. The fraction of sp³-hybridized carbons (Fsp3) is 0.533. The Morgan fingerprint density at radius 2 is 1.94 bits per heavy atom. The molecule has 1 unspecified atom stereocenters. The van der Waals surface area contributed by atoms with Crippen molar-refractivity contribution >= 4 is 5.91 Å². The van der Waals surface area contributed by atoms with Crippen molar-refractivity contribution in [3.05, 3.63) is 35.9 Å². The van der Waals surface area contributed by atoms with E-state index >= 15 is 0 Å². The maximum atomic E-state index is 11.5. The maximum absolute atomic E-state index is 11.5. The van der Waals surface area contributed by atoms with Gasteiger partial charge < -0.3 is 5.32 Å². The molecule has 1 aromatic carbocycles. The first-order valence-electron chi connectivity index (χ1n) is 6.55. The van der Waals surface area contributed by atoms with Crippen LogP contribution in [0.1, 0.15) is 45.1 Å². The highest BCUT2D eigenvalue weighted by atomic mass is 16.1. The smallest absolute Gasteiger partial charge is 0.220 e. The SMILES string of the molecule is CCC(C)NC(=O)CCCCc1ccccc1. The molecular formula is C15H23NO. The Bertz CT molecular complexity index is 321. The topological polar surface area (TPSA) is 29.1 Å². The van der Waals surface area contributed by atoms with Crippen LogP contribution in [0.5, 0.6) is 0 Å². The molecule has 1 amide bonds. The average molecular weight is 233 g/mol. The van der Waals surface area contributed by atoms with Crippen LogP contribution in [0.15, 0.2) is 30.3 Å². The van der Waals surface area contributed by atoms with Gasteiger partial charge in [-0.05, 0) is 38.2 Å². The van der Waals surface area contributed by atoms with Gasteiger partial charge in [0.2, 0.25) is 5.91 Å². The van der Waals surface area contributed by atoms with E-state index in [1.54, 1.807) is 0 Å². The first-order valence-corrected chi connectivity index (χ1v) is 6.55. The van der Waals surface area contributed by atoms with E-state index < -0.39 is 0 Å². The zero-order chi connectivity index (χ0) is 12.5. The van der Waals surface area contributed by atoms with Crippen molar-refractivity contribution in [1.29, 1.82) is 0 Å². The molecule has 0 aliphatic carbocycles. The Morgan fingerprint density at radius 1 is 1.24 bits per heavy atom. The van der Waals surface area contributed by atoms with Crippen molar-refractivity contribution in [3.8, 4) is 0 Å². The molecule has 1 rings (SSSR count). The van der Waals surface area contributed by atoms with Crippen LogP contribution in [0.3, 0.4) is 0 Å². The van der Waals surface area contributed by atoms with Crippen molar-refractivity contribution in [2.24, 2.45) is 0 Å². The first kappa shape index (κ1) is 13.8. The Hall–Kier alpha value is -1.31. The number of amides is 1. The predicted molar refractivity (Wildman–Crippen MR) is 71.9 cm³/mol. The summed E-state index contributed by atoms with van der Waals surface area (Å²) >= 11 is 0. The van der Waals surface area contributed by atoms with Crippen LogP contribution in [0.25, 0.3) is 0 Å². The van der Waals surface area contributed by atoms with Gasteiger partial charge in [0.05, 0.1) is 0 Å². The summed E-state index contributed by atoms with van der Waals surface area (Å²) in [6.45, 7) is 4.13. The van der Waals surface area contributed by atoms with Gasteiger partial charge in [-0.3, -0.25) is 4.79 Å². The molecule has 1 N–H and O–H groups in total. The van der Waals surface area contributed by atoms with E-state index in [4.69, 9.17) is 0 Å². The minimum atomic E-state index is 0.187. The van der Waals surface area contributed by atoms with E-state index in [0.717, 1.165) is 25.7 Å². The van der Waals surface area contributed by atoms with E-state index in [2.05, 4.69) is 36.5 Å². The molecule has 0 saturated carbocycles. The van der Waals surface area contributed by atoms with Gasteiger partial charge in [-0.1, -0.05) is 37.3 Å². The fourth-order valence-corrected chi connectivity index (χ4v) is 1.71. The van der Waals surface area contributed by atoms with Crippen molar-refractivity contribution in [2.75, 3.05) is 0 Å². The molecule has 0 bridgehead atoms. The van der Waals surface area contributed by atoms with Gasteiger partial charge in [-0.15, -0.1) is 0 Å².